The Bertz CT molecular complexity index is 656. The van der Waals surface area contributed by atoms with Gasteiger partial charge in [-0.25, -0.2) is 0 Å². The number of aryl methyl sites for hydroxylation is 1. The monoisotopic (exact) mass is 273 g/mol. The highest BCUT2D eigenvalue weighted by atomic mass is 16.5. The third-order valence-corrected chi connectivity index (χ3v) is 3.44. The molecule has 0 aliphatic carbocycles. The molecule has 106 valence electrons. The van der Waals surface area contributed by atoms with Gasteiger partial charge in [-0.2, -0.15) is 0 Å². The van der Waals surface area contributed by atoms with Crippen LogP contribution in [-0.2, 0) is 0 Å². The first-order valence-corrected chi connectivity index (χ1v) is 6.42. The molecule has 1 heterocycles. The van der Waals surface area contributed by atoms with Crippen molar-refractivity contribution >= 4 is 5.78 Å². The fourth-order valence-electron chi connectivity index (χ4n) is 2.46. The Morgan fingerprint density at radius 1 is 1.10 bits per heavy atom. The molecule has 0 amide bonds. The smallest absolute Gasteiger partial charge is 0.161 e. The first-order valence-electron chi connectivity index (χ1n) is 6.42. The molecule has 20 heavy (non-hydrogen) atoms. The van der Waals surface area contributed by atoms with E-state index in [0.717, 1.165) is 28.4 Å². The minimum atomic E-state index is 0.0665. The van der Waals surface area contributed by atoms with Crippen LogP contribution >= 0.6 is 0 Å². The molecule has 1 aromatic carbocycles. The van der Waals surface area contributed by atoms with E-state index in [1.807, 2.05) is 42.7 Å². The molecule has 1 aromatic heterocycles. The van der Waals surface area contributed by atoms with E-state index < -0.39 is 0 Å². The molecular weight excluding hydrogens is 254 g/mol. The standard InChI is InChI=1S/C16H19NO3/c1-10-8-14(12(3)18)11(2)17(10)15-7-6-13(19-4)9-16(15)20-5/h6-9H,1-5H3. The largest absolute Gasteiger partial charge is 0.497 e. The van der Waals surface area contributed by atoms with Crippen LogP contribution in [0.3, 0.4) is 0 Å². The summed E-state index contributed by atoms with van der Waals surface area (Å²) < 4.78 is 12.7. The summed E-state index contributed by atoms with van der Waals surface area (Å²) in [7, 11) is 3.24. The number of hydrogen-bond acceptors (Lipinski definition) is 3. The van der Waals surface area contributed by atoms with Crippen molar-refractivity contribution in [3.63, 3.8) is 0 Å². The van der Waals surface area contributed by atoms with Gasteiger partial charge in [0.2, 0.25) is 0 Å². The van der Waals surface area contributed by atoms with Gasteiger partial charge >= 0.3 is 0 Å². The average molecular weight is 273 g/mol. The van der Waals surface area contributed by atoms with E-state index in [1.54, 1.807) is 21.1 Å². The third-order valence-electron chi connectivity index (χ3n) is 3.44. The lowest BCUT2D eigenvalue weighted by molar-refractivity contribution is 0.101. The average Bonchev–Trinajstić information content (AvgIpc) is 2.73. The number of carbonyl (C=O) groups is 1. The molecule has 2 rings (SSSR count). The summed E-state index contributed by atoms with van der Waals surface area (Å²) in [4.78, 5) is 11.7. The lowest BCUT2D eigenvalue weighted by atomic mass is 10.2. The van der Waals surface area contributed by atoms with Crippen LogP contribution in [0.1, 0.15) is 28.7 Å². The van der Waals surface area contributed by atoms with Crippen molar-refractivity contribution in [2.75, 3.05) is 14.2 Å². The summed E-state index contributed by atoms with van der Waals surface area (Å²) in [5, 5.41) is 0. The summed E-state index contributed by atoms with van der Waals surface area (Å²) in [6.07, 6.45) is 0. The lowest BCUT2D eigenvalue weighted by Gasteiger charge is -2.15. The molecular formula is C16H19NO3. The molecule has 0 spiro atoms. The minimum absolute atomic E-state index is 0.0665. The number of Topliss-reactive ketones (excluding diaryl/α,β-unsaturated/α-hetero) is 1. The van der Waals surface area contributed by atoms with Crippen LogP contribution in [0.4, 0.5) is 0 Å². The molecule has 4 nitrogen and oxygen atoms in total. The maximum Gasteiger partial charge on any atom is 0.161 e. The van der Waals surface area contributed by atoms with Gasteiger partial charge in [0.15, 0.2) is 5.78 Å². The van der Waals surface area contributed by atoms with Gasteiger partial charge in [-0.05, 0) is 39.0 Å². The normalized spacial score (nSPS) is 10.4. The van der Waals surface area contributed by atoms with E-state index in [0.29, 0.717) is 5.75 Å². The third kappa shape index (κ3) is 2.29. The highest BCUT2D eigenvalue weighted by Crippen LogP contribution is 2.31. The van der Waals surface area contributed by atoms with Crippen LogP contribution in [0.15, 0.2) is 24.3 Å². The second kappa shape index (κ2) is 5.41. The zero-order valence-corrected chi connectivity index (χ0v) is 12.5. The minimum Gasteiger partial charge on any atom is -0.497 e. The first kappa shape index (κ1) is 14.2. The Balaban J connectivity index is 2.65. The number of carbonyl (C=O) groups excluding carboxylic acids is 1. The zero-order valence-electron chi connectivity index (χ0n) is 12.5. The van der Waals surface area contributed by atoms with Gasteiger partial charge in [-0.15, -0.1) is 0 Å². The van der Waals surface area contributed by atoms with E-state index in [-0.39, 0.29) is 5.78 Å². The molecule has 4 heteroatoms. The molecule has 0 unspecified atom stereocenters. The number of ketones is 1. The van der Waals surface area contributed by atoms with E-state index in [9.17, 15) is 4.79 Å². The number of hydrogen-bond donors (Lipinski definition) is 0. The number of aromatic nitrogens is 1. The summed E-state index contributed by atoms with van der Waals surface area (Å²) in [6.45, 7) is 5.49. The van der Waals surface area contributed by atoms with Crippen molar-refractivity contribution in [1.29, 1.82) is 0 Å². The quantitative estimate of drug-likeness (QED) is 0.802. The number of rotatable bonds is 4. The fraction of sp³-hybridized carbons (Fsp3) is 0.312. The maximum absolute atomic E-state index is 11.7. The van der Waals surface area contributed by atoms with Crippen LogP contribution < -0.4 is 9.47 Å². The van der Waals surface area contributed by atoms with E-state index in [1.165, 1.54) is 0 Å². The summed E-state index contributed by atoms with van der Waals surface area (Å²) in [5.74, 6) is 1.51. The molecule has 0 aliphatic heterocycles. The molecule has 0 fully saturated rings. The van der Waals surface area contributed by atoms with E-state index in [2.05, 4.69) is 0 Å². The fourth-order valence-corrected chi connectivity index (χ4v) is 2.46. The number of ether oxygens (including phenoxy) is 2. The Kier molecular flexibility index (Phi) is 3.84. The Morgan fingerprint density at radius 3 is 2.30 bits per heavy atom. The lowest BCUT2D eigenvalue weighted by Crippen LogP contribution is -2.03. The van der Waals surface area contributed by atoms with Gasteiger partial charge in [0.25, 0.3) is 0 Å². The van der Waals surface area contributed by atoms with Crippen molar-refractivity contribution in [2.45, 2.75) is 20.8 Å². The van der Waals surface area contributed by atoms with Crippen LogP contribution in [0.2, 0.25) is 0 Å². The van der Waals surface area contributed by atoms with E-state index >= 15 is 0 Å². The van der Waals surface area contributed by atoms with Gasteiger partial charge in [-0.1, -0.05) is 0 Å². The SMILES string of the molecule is COc1ccc(-n2c(C)cc(C(C)=O)c2C)c(OC)c1. The molecule has 0 aliphatic rings. The predicted molar refractivity (Wildman–Crippen MR) is 78.4 cm³/mol. The first-order chi connectivity index (χ1) is 9.49. The van der Waals surface area contributed by atoms with Gasteiger partial charge in [-0.3, -0.25) is 4.79 Å². The van der Waals surface area contributed by atoms with Crippen LogP contribution in [-0.4, -0.2) is 24.6 Å². The van der Waals surface area contributed by atoms with Crippen LogP contribution in [0.5, 0.6) is 11.5 Å². The molecule has 0 radical (unpaired) electrons. The molecule has 0 saturated heterocycles. The van der Waals surface area contributed by atoms with Gasteiger partial charge in [0.05, 0.1) is 19.9 Å². The van der Waals surface area contributed by atoms with Crippen molar-refractivity contribution < 1.29 is 14.3 Å². The number of benzene rings is 1. The van der Waals surface area contributed by atoms with Gasteiger partial charge in [0, 0.05) is 23.0 Å². The highest BCUT2D eigenvalue weighted by molar-refractivity contribution is 5.95. The van der Waals surface area contributed by atoms with Gasteiger partial charge in [0.1, 0.15) is 11.5 Å². The molecule has 0 atom stereocenters. The van der Waals surface area contributed by atoms with Crippen LogP contribution in [0.25, 0.3) is 5.69 Å². The summed E-state index contributed by atoms with van der Waals surface area (Å²) in [6, 6.07) is 7.55. The maximum atomic E-state index is 11.7. The molecule has 0 saturated carbocycles. The molecule has 2 aromatic rings. The number of nitrogens with zero attached hydrogens (tertiary/aromatic N) is 1. The Morgan fingerprint density at radius 2 is 1.80 bits per heavy atom. The van der Waals surface area contributed by atoms with Crippen molar-refractivity contribution in [2.24, 2.45) is 0 Å². The molecule has 0 bridgehead atoms. The predicted octanol–water partition coefficient (Wildman–Crippen LogP) is 3.31. The van der Waals surface area contributed by atoms with Crippen molar-refractivity contribution in [3.05, 3.63) is 41.2 Å². The zero-order chi connectivity index (χ0) is 14.9. The second-order valence-corrected chi connectivity index (χ2v) is 4.71. The topological polar surface area (TPSA) is 40.5 Å². The molecule has 0 N–H and O–H groups in total. The Labute approximate surface area is 118 Å². The van der Waals surface area contributed by atoms with Gasteiger partial charge < -0.3 is 14.0 Å². The van der Waals surface area contributed by atoms with Crippen molar-refractivity contribution in [1.82, 2.24) is 4.57 Å². The summed E-state index contributed by atoms with van der Waals surface area (Å²) >= 11 is 0. The van der Waals surface area contributed by atoms with E-state index in [4.69, 9.17) is 9.47 Å². The second-order valence-electron chi connectivity index (χ2n) is 4.71. The summed E-state index contributed by atoms with van der Waals surface area (Å²) in [5.41, 5.74) is 3.55. The Hall–Kier alpha value is -2.23. The number of methoxy groups -OCH3 is 2. The van der Waals surface area contributed by atoms with Crippen LogP contribution in [0, 0.1) is 13.8 Å². The van der Waals surface area contributed by atoms with Crippen molar-refractivity contribution in [3.8, 4) is 17.2 Å². The highest BCUT2D eigenvalue weighted by Gasteiger charge is 2.16.